The van der Waals surface area contributed by atoms with Gasteiger partial charge in [-0.05, 0) is 31.5 Å². The number of nitrogens with one attached hydrogen (secondary N) is 1. The third kappa shape index (κ3) is 3.92. The van der Waals surface area contributed by atoms with Gasteiger partial charge < -0.3 is 10.1 Å². The number of halogens is 2. The molecular formula is C16H15F2NO3S. The van der Waals surface area contributed by atoms with Gasteiger partial charge in [0, 0.05) is 10.9 Å². The zero-order valence-electron chi connectivity index (χ0n) is 12.6. The fourth-order valence-corrected chi connectivity index (χ4v) is 2.89. The Morgan fingerprint density at radius 3 is 2.52 bits per heavy atom. The van der Waals surface area contributed by atoms with E-state index in [1.807, 2.05) is 6.92 Å². The van der Waals surface area contributed by atoms with Crippen LogP contribution in [0.5, 0.6) is 0 Å². The minimum atomic E-state index is -0.965. The van der Waals surface area contributed by atoms with Gasteiger partial charge in [0.05, 0.1) is 17.7 Å². The lowest BCUT2D eigenvalue weighted by molar-refractivity contribution is 0.0528. The van der Waals surface area contributed by atoms with Crippen molar-refractivity contribution < 1.29 is 23.1 Å². The highest BCUT2D eigenvalue weighted by Gasteiger charge is 2.20. The van der Waals surface area contributed by atoms with Crippen LogP contribution in [0.3, 0.4) is 0 Å². The topological polar surface area (TPSA) is 55.4 Å². The Labute approximate surface area is 136 Å². The Kier molecular flexibility index (Phi) is 5.44. The number of benzene rings is 1. The Bertz CT molecular complexity index is 743. The van der Waals surface area contributed by atoms with Crippen LogP contribution < -0.4 is 5.32 Å². The molecule has 2 aromatic rings. The van der Waals surface area contributed by atoms with Crippen molar-refractivity contribution in [2.45, 2.75) is 20.3 Å². The number of esters is 1. The number of hydrogen-bond donors (Lipinski definition) is 1. The molecule has 0 atom stereocenters. The van der Waals surface area contributed by atoms with Gasteiger partial charge in [-0.3, -0.25) is 4.79 Å². The van der Waals surface area contributed by atoms with Crippen molar-refractivity contribution in [1.29, 1.82) is 0 Å². The molecule has 0 saturated heterocycles. The van der Waals surface area contributed by atoms with Gasteiger partial charge in [0.2, 0.25) is 0 Å². The van der Waals surface area contributed by atoms with Crippen LogP contribution >= 0.6 is 11.3 Å². The van der Waals surface area contributed by atoms with Crippen molar-refractivity contribution in [3.8, 4) is 0 Å². The standard InChI is InChI=1S/C16H15F2NO3S/c1-3-10-8-12(16(21)22-4-2)15(23-10)19-14(20)11-6-5-9(17)7-13(11)18/h5-8H,3-4H2,1-2H3,(H,19,20). The van der Waals surface area contributed by atoms with E-state index in [0.717, 1.165) is 17.0 Å². The number of aryl methyl sites for hydroxylation is 1. The Morgan fingerprint density at radius 2 is 1.91 bits per heavy atom. The summed E-state index contributed by atoms with van der Waals surface area (Å²) in [6.45, 7) is 3.79. The first-order chi connectivity index (χ1) is 11.0. The number of amides is 1. The summed E-state index contributed by atoms with van der Waals surface area (Å²) in [4.78, 5) is 25.0. The van der Waals surface area contributed by atoms with Gasteiger partial charge in [0.25, 0.3) is 5.91 Å². The molecule has 1 aromatic carbocycles. The smallest absolute Gasteiger partial charge is 0.341 e. The number of carbonyl (C=O) groups is 2. The SMILES string of the molecule is CCOC(=O)c1cc(CC)sc1NC(=O)c1ccc(F)cc1F. The van der Waals surface area contributed by atoms with Crippen molar-refractivity contribution in [3.05, 3.63) is 51.9 Å². The second-order valence-corrected chi connectivity index (χ2v) is 5.74. The van der Waals surface area contributed by atoms with Gasteiger partial charge in [-0.1, -0.05) is 6.92 Å². The van der Waals surface area contributed by atoms with Crippen LogP contribution in [0.4, 0.5) is 13.8 Å². The molecule has 7 heteroatoms. The minimum Gasteiger partial charge on any atom is -0.462 e. The molecule has 0 bridgehead atoms. The summed E-state index contributed by atoms with van der Waals surface area (Å²) in [6, 6.07) is 4.32. The van der Waals surface area contributed by atoms with Crippen molar-refractivity contribution in [3.63, 3.8) is 0 Å². The number of ether oxygens (including phenoxy) is 1. The molecule has 23 heavy (non-hydrogen) atoms. The molecule has 1 N–H and O–H groups in total. The van der Waals surface area contributed by atoms with E-state index in [1.54, 1.807) is 13.0 Å². The zero-order chi connectivity index (χ0) is 17.0. The number of hydrogen-bond acceptors (Lipinski definition) is 4. The summed E-state index contributed by atoms with van der Waals surface area (Å²) >= 11 is 1.22. The van der Waals surface area contributed by atoms with Crippen molar-refractivity contribution in [2.24, 2.45) is 0 Å². The van der Waals surface area contributed by atoms with E-state index in [4.69, 9.17) is 4.74 Å². The molecule has 2 rings (SSSR count). The predicted molar refractivity (Wildman–Crippen MR) is 84.0 cm³/mol. The summed E-state index contributed by atoms with van der Waals surface area (Å²) in [5.74, 6) is -3.04. The van der Waals surface area contributed by atoms with E-state index < -0.39 is 23.5 Å². The molecule has 122 valence electrons. The molecule has 0 unspecified atom stereocenters. The van der Waals surface area contributed by atoms with E-state index in [9.17, 15) is 18.4 Å². The molecule has 0 spiro atoms. The Morgan fingerprint density at radius 1 is 1.17 bits per heavy atom. The van der Waals surface area contributed by atoms with Crippen molar-refractivity contribution in [1.82, 2.24) is 0 Å². The molecular weight excluding hydrogens is 324 g/mol. The second-order valence-electron chi connectivity index (χ2n) is 4.61. The zero-order valence-corrected chi connectivity index (χ0v) is 13.4. The maximum absolute atomic E-state index is 13.7. The van der Waals surface area contributed by atoms with E-state index in [1.165, 1.54) is 11.3 Å². The summed E-state index contributed by atoms with van der Waals surface area (Å²) < 4.78 is 31.5. The fraction of sp³-hybridized carbons (Fsp3) is 0.250. The fourth-order valence-electron chi connectivity index (χ4n) is 1.91. The van der Waals surface area contributed by atoms with Gasteiger partial charge >= 0.3 is 5.97 Å². The van der Waals surface area contributed by atoms with E-state index in [0.29, 0.717) is 12.5 Å². The summed E-state index contributed by atoms with van der Waals surface area (Å²) in [5, 5.41) is 2.78. The van der Waals surface area contributed by atoms with E-state index in [-0.39, 0.29) is 22.7 Å². The first-order valence-electron chi connectivity index (χ1n) is 7.02. The molecule has 4 nitrogen and oxygen atoms in total. The number of anilines is 1. The molecule has 0 fully saturated rings. The molecule has 0 aliphatic rings. The summed E-state index contributed by atoms with van der Waals surface area (Å²) in [5.41, 5.74) is -0.0720. The van der Waals surface area contributed by atoms with Gasteiger partial charge in [-0.15, -0.1) is 11.3 Å². The van der Waals surface area contributed by atoms with Crippen LogP contribution in [0.25, 0.3) is 0 Å². The average Bonchev–Trinajstić information content (AvgIpc) is 2.90. The third-order valence-electron chi connectivity index (χ3n) is 3.03. The molecule has 0 saturated carbocycles. The molecule has 0 radical (unpaired) electrons. The van der Waals surface area contributed by atoms with Gasteiger partial charge in [0.15, 0.2) is 0 Å². The van der Waals surface area contributed by atoms with E-state index >= 15 is 0 Å². The number of carbonyl (C=O) groups excluding carboxylic acids is 2. The molecule has 0 aliphatic carbocycles. The van der Waals surface area contributed by atoms with Crippen molar-refractivity contribution in [2.75, 3.05) is 11.9 Å². The molecule has 1 aromatic heterocycles. The van der Waals surface area contributed by atoms with Gasteiger partial charge in [-0.25, -0.2) is 13.6 Å². The number of thiophene rings is 1. The van der Waals surface area contributed by atoms with E-state index in [2.05, 4.69) is 5.32 Å². The quantitative estimate of drug-likeness (QED) is 0.837. The number of rotatable bonds is 5. The maximum atomic E-state index is 13.7. The Hall–Kier alpha value is -2.28. The largest absolute Gasteiger partial charge is 0.462 e. The highest BCUT2D eigenvalue weighted by atomic mass is 32.1. The van der Waals surface area contributed by atoms with Crippen LogP contribution in [0, 0.1) is 11.6 Å². The normalized spacial score (nSPS) is 10.4. The van der Waals surface area contributed by atoms with Gasteiger partial charge in [0.1, 0.15) is 16.6 Å². The van der Waals surface area contributed by atoms with Crippen LogP contribution in [-0.4, -0.2) is 18.5 Å². The van der Waals surface area contributed by atoms with Crippen LogP contribution in [-0.2, 0) is 11.2 Å². The monoisotopic (exact) mass is 339 g/mol. The van der Waals surface area contributed by atoms with Crippen LogP contribution in [0.2, 0.25) is 0 Å². The highest BCUT2D eigenvalue weighted by molar-refractivity contribution is 7.16. The molecule has 0 aliphatic heterocycles. The third-order valence-corrected chi connectivity index (χ3v) is 4.22. The summed E-state index contributed by atoms with van der Waals surface area (Å²) in [7, 11) is 0. The Balaban J connectivity index is 2.29. The average molecular weight is 339 g/mol. The predicted octanol–water partition coefficient (Wildman–Crippen LogP) is 4.02. The first kappa shape index (κ1) is 17.1. The van der Waals surface area contributed by atoms with Gasteiger partial charge in [-0.2, -0.15) is 0 Å². The lowest BCUT2D eigenvalue weighted by Gasteiger charge is -2.07. The van der Waals surface area contributed by atoms with Crippen molar-refractivity contribution >= 4 is 28.2 Å². The first-order valence-corrected chi connectivity index (χ1v) is 7.84. The lowest BCUT2D eigenvalue weighted by Crippen LogP contribution is -2.15. The molecule has 1 amide bonds. The minimum absolute atomic E-state index is 0.204. The molecule has 1 heterocycles. The highest BCUT2D eigenvalue weighted by Crippen LogP contribution is 2.30. The van der Waals surface area contributed by atoms with Crippen LogP contribution in [0.15, 0.2) is 24.3 Å². The maximum Gasteiger partial charge on any atom is 0.341 e. The van der Waals surface area contributed by atoms with Crippen LogP contribution in [0.1, 0.15) is 39.4 Å². The summed E-state index contributed by atoms with van der Waals surface area (Å²) in [6.07, 6.45) is 0.678. The lowest BCUT2D eigenvalue weighted by atomic mass is 10.2. The second kappa shape index (κ2) is 7.32.